The zero-order chi connectivity index (χ0) is 14.7. The van der Waals surface area contributed by atoms with Crippen LogP contribution in [0, 0.1) is 6.92 Å². The Kier molecular flexibility index (Phi) is 5.06. The second kappa shape index (κ2) is 6.59. The lowest BCUT2D eigenvalue weighted by molar-refractivity contribution is 0.118. The molecule has 112 valence electrons. The van der Waals surface area contributed by atoms with E-state index in [9.17, 15) is 0 Å². The van der Waals surface area contributed by atoms with E-state index >= 15 is 0 Å². The molecule has 0 spiro atoms. The third kappa shape index (κ3) is 3.53. The second-order valence-corrected chi connectivity index (χ2v) is 6.20. The molecule has 3 heteroatoms. The van der Waals surface area contributed by atoms with Gasteiger partial charge in [0.05, 0.1) is 12.1 Å². The van der Waals surface area contributed by atoms with E-state index in [0.717, 1.165) is 19.6 Å². The molecule has 2 atom stereocenters. The van der Waals surface area contributed by atoms with Gasteiger partial charge in [0.15, 0.2) is 0 Å². The molecule has 3 nitrogen and oxygen atoms in total. The smallest absolute Gasteiger partial charge is 0.0750 e. The number of hydrogen-bond donors (Lipinski definition) is 1. The number of hydrogen-bond acceptors (Lipinski definition) is 3. The van der Waals surface area contributed by atoms with Crippen LogP contribution in [0.4, 0.5) is 5.69 Å². The van der Waals surface area contributed by atoms with E-state index < -0.39 is 0 Å². The van der Waals surface area contributed by atoms with Crippen molar-refractivity contribution in [3.05, 3.63) is 29.3 Å². The van der Waals surface area contributed by atoms with Crippen molar-refractivity contribution in [3.63, 3.8) is 0 Å². The first-order valence-corrected chi connectivity index (χ1v) is 7.66. The van der Waals surface area contributed by atoms with Gasteiger partial charge < -0.3 is 15.0 Å². The fourth-order valence-electron chi connectivity index (χ4n) is 2.95. The largest absolute Gasteiger partial charge is 0.376 e. The summed E-state index contributed by atoms with van der Waals surface area (Å²) in [5, 5.41) is 3.47. The summed E-state index contributed by atoms with van der Waals surface area (Å²) in [5.74, 6) is 0. The summed E-state index contributed by atoms with van der Waals surface area (Å²) in [5.41, 5.74) is 4.01. The van der Waals surface area contributed by atoms with Gasteiger partial charge in [0, 0.05) is 31.9 Å². The molecule has 0 amide bonds. The van der Waals surface area contributed by atoms with E-state index in [4.69, 9.17) is 4.74 Å². The number of nitrogens with zero attached hydrogens (tertiary/aromatic N) is 1. The number of anilines is 1. The highest BCUT2D eigenvalue weighted by atomic mass is 16.5. The first-order chi connectivity index (χ1) is 9.49. The fraction of sp³-hybridized carbons (Fsp3) is 0.647. The summed E-state index contributed by atoms with van der Waals surface area (Å²) >= 11 is 0. The summed E-state index contributed by atoms with van der Waals surface area (Å²) < 4.78 is 5.68. The van der Waals surface area contributed by atoms with Gasteiger partial charge in [-0.25, -0.2) is 0 Å². The topological polar surface area (TPSA) is 24.5 Å². The quantitative estimate of drug-likeness (QED) is 0.894. The van der Waals surface area contributed by atoms with Crippen LogP contribution in [-0.2, 0) is 11.3 Å². The zero-order valence-electron chi connectivity index (χ0n) is 13.4. The van der Waals surface area contributed by atoms with Crippen molar-refractivity contribution < 1.29 is 4.74 Å². The van der Waals surface area contributed by atoms with Gasteiger partial charge in [0.1, 0.15) is 0 Å². The van der Waals surface area contributed by atoms with Crippen molar-refractivity contribution >= 4 is 5.69 Å². The zero-order valence-corrected chi connectivity index (χ0v) is 13.4. The molecule has 1 aromatic rings. The molecule has 1 fully saturated rings. The van der Waals surface area contributed by atoms with Crippen LogP contribution >= 0.6 is 0 Å². The molecular weight excluding hydrogens is 248 g/mol. The summed E-state index contributed by atoms with van der Waals surface area (Å²) in [6, 6.07) is 7.79. The number of likely N-dealkylation sites (N-methyl/N-ethyl adjacent to an activating group) is 1. The molecule has 1 heterocycles. The first-order valence-electron chi connectivity index (χ1n) is 7.66. The van der Waals surface area contributed by atoms with Gasteiger partial charge >= 0.3 is 0 Å². The maximum absolute atomic E-state index is 5.68. The molecular formula is C17H28N2O. The maximum atomic E-state index is 5.68. The van der Waals surface area contributed by atoms with Gasteiger partial charge in [0.25, 0.3) is 0 Å². The molecule has 0 radical (unpaired) electrons. The molecule has 0 bridgehead atoms. The lowest BCUT2D eigenvalue weighted by Gasteiger charge is -2.30. The number of rotatable bonds is 5. The summed E-state index contributed by atoms with van der Waals surface area (Å²) in [7, 11) is 2.18. The van der Waals surface area contributed by atoms with E-state index in [1.54, 1.807) is 0 Å². The molecule has 2 rings (SSSR count). The molecule has 1 aromatic carbocycles. The lowest BCUT2D eigenvalue weighted by Crippen LogP contribution is -2.37. The molecule has 0 aromatic heterocycles. The molecule has 1 aliphatic rings. The summed E-state index contributed by atoms with van der Waals surface area (Å²) in [6.07, 6.45) is 1.44. The van der Waals surface area contributed by atoms with Crippen molar-refractivity contribution in [1.29, 1.82) is 0 Å². The predicted molar refractivity (Wildman–Crippen MR) is 85.4 cm³/mol. The third-order valence-corrected chi connectivity index (χ3v) is 4.19. The Morgan fingerprint density at radius 2 is 2.15 bits per heavy atom. The van der Waals surface area contributed by atoms with Gasteiger partial charge in [-0.1, -0.05) is 26.0 Å². The Morgan fingerprint density at radius 3 is 2.70 bits per heavy atom. The number of benzene rings is 1. The lowest BCUT2D eigenvalue weighted by atomic mass is 10.0. The van der Waals surface area contributed by atoms with Crippen LogP contribution in [0.3, 0.4) is 0 Å². The van der Waals surface area contributed by atoms with E-state index in [-0.39, 0.29) is 0 Å². The van der Waals surface area contributed by atoms with Gasteiger partial charge in [-0.3, -0.25) is 0 Å². The molecule has 1 N–H and O–H groups in total. The molecule has 1 aliphatic heterocycles. The predicted octanol–water partition coefficient (Wildman–Crippen LogP) is 3.11. The van der Waals surface area contributed by atoms with E-state index in [0.29, 0.717) is 18.2 Å². The number of aryl methyl sites for hydroxylation is 1. The SMILES string of the molecule is Cc1cc(CNC(C)C)ccc1N(C)C1CCOC1C. The molecule has 2 unspecified atom stereocenters. The Bertz CT molecular complexity index is 445. The van der Waals surface area contributed by atoms with Crippen molar-refractivity contribution in [2.75, 3.05) is 18.6 Å². The summed E-state index contributed by atoms with van der Waals surface area (Å²) in [6.45, 7) is 10.5. The van der Waals surface area contributed by atoms with Crippen molar-refractivity contribution in [1.82, 2.24) is 5.32 Å². The monoisotopic (exact) mass is 276 g/mol. The van der Waals surface area contributed by atoms with Crippen LogP contribution < -0.4 is 10.2 Å². The minimum absolute atomic E-state index is 0.321. The van der Waals surface area contributed by atoms with Crippen molar-refractivity contribution in [3.8, 4) is 0 Å². The van der Waals surface area contributed by atoms with Crippen LogP contribution in [0.5, 0.6) is 0 Å². The van der Waals surface area contributed by atoms with Crippen LogP contribution in [0.25, 0.3) is 0 Å². The first kappa shape index (κ1) is 15.3. The highest BCUT2D eigenvalue weighted by Gasteiger charge is 2.28. The van der Waals surface area contributed by atoms with E-state index in [2.05, 4.69) is 63.2 Å². The average Bonchev–Trinajstić information content (AvgIpc) is 2.82. The van der Waals surface area contributed by atoms with Crippen molar-refractivity contribution in [2.45, 2.75) is 58.8 Å². The van der Waals surface area contributed by atoms with Crippen molar-refractivity contribution in [2.24, 2.45) is 0 Å². The van der Waals surface area contributed by atoms with Crippen LogP contribution in [0.15, 0.2) is 18.2 Å². The van der Waals surface area contributed by atoms with Gasteiger partial charge in [-0.05, 0) is 37.5 Å². The maximum Gasteiger partial charge on any atom is 0.0750 e. The Labute approximate surface area is 123 Å². The number of ether oxygens (including phenoxy) is 1. The summed E-state index contributed by atoms with van der Waals surface area (Å²) in [4.78, 5) is 2.38. The third-order valence-electron chi connectivity index (χ3n) is 4.19. The Hall–Kier alpha value is -1.06. The highest BCUT2D eigenvalue weighted by Crippen LogP contribution is 2.27. The van der Waals surface area contributed by atoms with Crippen LogP contribution in [0.2, 0.25) is 0 Å². The minimum atomic E-state index is 0.321. The van der Waals surface area contributed by atoms with Crippen LogP contribution in [-0.4, -0.2) is 31.8 Å². The molecule has 20 heavy (non-hydrogen) atoms. The van der Waals surface area contributed by atoms with Gasteiger partial charge in [-0.2, -0.15) is 0 Å². The standard InChI is InChI=1S/C17H28N2O/c1-12(2)18-11-15-6-7-16(13(3)10-15)19(5)17-8-9-20-14(17)4/h6-7,10,12,14,17-18H,8-9,11H2,1-5H3. The fourth-order valence-corrected chi connectivity index (χ4v) is 2.95. The van der Waals surface area contributed by atoms with E-state index in [1.165, 1.54) is 16.8 Å². The van der Waals surface area contributed by atoms with Crippen LogP contribution in [0.1, 0.15) is 38.3 Å². The Balaban J connectivity index is 2.08. The molecule has 0 aliphatic carbocycles. The van der Waals surface area contributed by atoms with E-state index in [1.807, 2.05) is 0 Å². The minimum Gasteiger partial charge on any atom is -0.376 e. The van der Waals surface area contributed by atoms with Gasteiger partial charge in [0.2, 0.25) is 0 Å². The highest BCUT2D eigenvalue weighted by molar-refractivity contribution is 5.55. The molecule has 0 saturated carbocycles. The van der Waals surface area contributed by atoms with Gasteiger partial charge in [-0.15, -0.1) is 0 Å². The second-order valence-electron chi connectivity index (χ2n) is 6.20. The number of nitrogens with one attached hydrogen (secondary N) is 1. The molecule has 1 saturated heterocycles. The average molecular weight is 276 g/mol. The Morgan fingerprint density at radius 1 is 1.40 bits per heavy atom. The normalized spacial score (nSPS) is 22.5.